The maximum Gasteiger partial charge on any atom is 0.278 e. The molecular formula is C12H6BrCl2NO2. The summed E-state index contributed by atoms with van der Waals surface area (Å²) in [4.78, 5) is 10.6. The largest absolute Gasteiger partial charge is 0.278 e. The molecule has 2 aromatic rings. The lowest BCUT2D eigenvalue weighted by molar-refractivity contribution is -0.384. The molecule has 0 aliphatic rings. The third-order valence-corrected chi connectivity index (χ3v) is 3.42. The Bertz CT molecular complexity index is 631. The fraction of sp³-hybridized carbons (Fsp3) is 0. The molecule has 0 atom stereocenters. The van der Waals surface area contributed by atoms with Gasteiger partial charge in [-0.15, -0.1) is 0 Å². The molecule has 0 N–H and O–H groups in total. The van der Waals surface area contributed by atoms with Gasteiger partial charge in [-0.1, -0.05) is 45.2 Å². The maximum absolute atomic E-state index is 11.0. The molecule has 0 saturated heterocycles. The minimum atomic E-state index is -0.439. The lowest BCUT2D eigenvalue weighted by atomic mass is 10.0. The van der Waals surface area contributed by atoms with Gasteiger partial charge in [0.2, 0.25) is 0 Å². The molecule has 0 aliphatic heterocycles. The number of hydrogen-bond donors (Lipinski definition) is 0. The summed E-state index contributed by atoms with van der Waals surface area (Å²) in [5.74, 6) is 0. The van der Waals surface area contributed by atoms with Crippen LogP contribution in [0.1, 0.15) is 0 Å². The van der Waals surface area contributed by atoms with E-state index < -0.39 is 4.92 Å². The third-order valence-electron chi connectivity index (χ3n) is 2.38. The molecule has 0 spiro atoms. The van der Waals surface area contributed by atoms with Crippen LogP contribution in [0.15, 0.2) is 40.9 Å². The molecular weight excluding hydrogens is 341 g/mol. The average Bonchev–Trinajstić information content (AvgIpc) is 2.29. The first-order valence-corrected chi connectivity index (χ1v) is 6.43. The van der Waals surface area contributed by atoms with Gasteiger partial charge < -0.3 is 0 Å². The number of nitro groups is 1. The van der Waals surface area contributed by atoms with Crippen LogP contribution in [0, 0.1) is 10.1 Å². The summed E-state index contributed by atoms with van der Waals surface area (Å²) < 4.78 is 0.642. The molecule has 0 radical (unpaired) electrons. The van der Waals surface area contributed by atoms with E-state index in [1.54, 1.807) is 30.3 Å². The van der Waals surface area contributed by atoms with Gasteiger partial charge in [-0.2, -0.15) is 0 Å². The van der Waals surface area contributed by atoms with Crippen molar-refractivity contribution in [2.24, 2.45) is 0 Å². The zero-order valence-corrected chi connectivity index (χ0v) is 12.0. The molecule has 0 saturated carbocycles. The van der Waals surface area contributed by atoms with E-state index in [-0.39, 0.29) is 5.69 Å². The summed E-state index contributed by atoms with van der Waals surface area (Å²) in [6, 6.07) is 9.70. The predicted octanol–water partition coefficient (Wildman–Crippen LogP) is 5.33. The SMILES string of the molecule is O=[N+]([O-])c1cc(Br)ccc1-c1ccc(Cl)cc1Cl. The molecule has 0 fully saturated rings. The van der Waals surface area contributed by atoms with E-state index in [0.29, 0.717) is 25.6 Å². The highest BCUT2D eigenvalue weighted by atomic mass is 79.9. The highest BCUT2D eigenvalue weighted by Gasteiger charge is 2.17. The first-order chi connectivity index (χ1) is 8.49. The number of hydrogen-bond acceptors (Lipinski definition) is 2. The van der Waals surface area contributed by atoms with Crippen LogP contribution in [0.5, 0.6) is 0 Å². The molecule has 18 heavy (non-hydrogen) atoms. The van der Waals surface area contributed by atoms with Crippen molar-refractivity contribution < 1.29 is 4.92 Å². The van der Waals surface area contributed by atoms with E-state index >= 15 is 0 Å². The first kappa shape index (κ1) is 13.3. The van der Waals surface area contributed by atoms with Gasteiger partial charge in [0.15, 0.2) is 0 Å². The Morgan fingerprint density at radius 1 is 1.06 bits per heavy atom. The van der Waals surface area contributed by atoms with E-state index in [1.165, 1.54) is 6.07 Å². The van der Waals surface area contributed by atoms with Gasteiger partial charge >= 0.3 is 0 Å². The molecule has 6 heteroatoms. The number of rotatable bonds is 2. The second kappa shape index (κ2) is 5.26. The van der Waals surface area contributed by atoms with Crippen molar-refractivity contribution >= 4 is 44.8 Å². The molecule has 0 amide bonds. The van der Waals surface area contributed by atoms with Crippen molar-refractivity contribution in [2.45, 2.75) is 0 Å². The van der Waals surface area contributed by atoms with E-state index in [0.717, 1.165) is 0 Å². The molecule has 92 valence electrons. The van der Waals surface area contributed by atoms with Gasteiger partial charge in [0, 0.05) is 21.1 Å². The van der Waals surface area contributed by atoms with Gasteiger partial charge in [0.05, 0.1) is 15.5 Å². The summed E-state index contributed by atoms with van der Waals surface area (Å²) in [6.07, 6.45) is 0. The van der Waals surface area contributed by atoms with Gasteiger partial charge in [0.1, 0.15) is 0 Å². The van der Waals surface area contributed by atoms with Crippen molar-refractivity contribution in [3.63, 3.8) is 0 Å². The average molecular weight is 347 g/mol. The molecule has 0 aromatic heterocycles. The predicted molar refractivity (Wildman–Crippen MR) is 76.3 cm³/mol. The van der Waals surface area contributed by atoms with Gasteiger partial charge in [-0.25, -0.2) is 0 Å². The zero-order chi connectivity index (χ0) is 13.3. The van der Waals surface area contributed by atoms with Crippen LogP contribution in [-0.2, 0) is 0 Å². The van der Waals surface area contributed by atoms with Crippen molar-refractivity contribution in [1.29, 1.82) is 0 Å². The lowest BCUT2D eigenvalue weighted by Crippen LogP contribution is -1.92. The monoisotopic (exact) mass is 345 g/mol. The van der Waals surface area contributed by atoms with E-state index in [4.69, 9.17) is 23.2 Å². The number of nitro benzene ring substituents is 1. The Morgan fingerprint density at radius 2 is 1.72 bits per heavy atom. The van der Waals surface area contributed by atoms with E-state index in [9.17, 15) is 10.1 Å². The molecule has 3 nitrogen and oxygen atoms in total. The van der Waals surface area contributed by atoms with Gasteiger partial charge in [-0.3, -0.25) is 10.1 Å². The van der Waals surface area contributed by atoms with Crippen molar-refractivity contribution in [3.05, 3.63) is 61.0 Å². The fourth-order valence-electron chi connectivity index (χ4n) is 1.59. The molecule has 0 heterocycles. The molecule has 0 aliphatic carbocycles. The Balaban J connectivity index is 2.67. The second-order valence-electron chi connectivity index (χ2n) is 3.54. The van der Waals surface area contributed by atoms with Crippen molar-refractivity contribution in [3.8, 4) is 11.1 Å². The summed E-state index contributed by atoms with van der Waals surface area (Å²) >= 11 is 15.1. The lowest BCUT2D eigenvalue weighted by Gasteiger charge is -2.06. The quantitative estimate of drug-likeness (QED) is 0.544. The van der Waals surface area contributed by atoms with Crippen LogP contribution in [-0.4, -0.2) is 4.92 Å². The summed E-state index contributed by atoms with van der Waals surface area (Å²) in [5, 5.41) is 11.9. The van der Waals surface area contributed by atoms with Crippen LogP contribution < -0.4 is 0 Å². The highest BCUT2D eigenvalue weighted by Crippen LogP contribution is 2.37. The highest BCUT2D eigenvalue weighted by molar-refractivity contribution is 9.10. The Kier molecular flexibility index (Phi) is 3.90. The van der Waals surface area contributed by atoms with Crippen LogP contribution in [0.25, 0.3) is 11.1 Å². The summed E-state index contributed by atoms with van der Waals surface area (Å²) in [5.41, 5.74) is 1.04. The van der Waals surface area contributed by atoms with Crippen LogP contribution >= 0.6 is 39.1 Å². The smallest absolute Gasteiger partial charge is 0.258 e. The van der Waals surface area contributed by atoms with E-state index in [2.05, 4.69) is 15.9 Å². The maximum atomic E-state index is 11.0. The zero-order valence-electron chi connectivity index (χ0n) is 8.86. The normalized spacial score (nSPS) is 10.4. The van der Waals surface area contributed by atoms with Gasteiger partial charge in [-0.05, 0) is 24.3 Å². The second-order valence-corrected chi connectivity index (χ2v) is 5.30. The minimum absolute atomic E-state index is 0.00593. The number of benzene rings is 2. The summed E-state index contributed by atoms with van der Waals surface area (Å²) in [6.45, 7) is 0. The van der Waals surface area contributed by atoms with Crippen molar-refractivity contribution in [1.82, 2.24) is 0 Å². The summed E-state index contributed by atoms with van der Waals surface area (Å²) in [7, 11) is 0. The number of halogens is 3. The van der Waals surface area contributed by atoms with Crippen LogP contribution in [0.3, 0.4) is 0 Å². The molecule has 2 rings (SSSR count). The van der Waals surface area contributed by atoms with Crippen LogP contribution in [0.4, 0.5) is 5.69 Å². The van der Waals surface area contributed by atoms with Crippen molar-refractivity contribution in [2.75, 3.05) is 0 Å². The van der Waals surface area contributed by atoms with Gasteiger partial charge in [0.25, 0.3) is 5.69 Å². The van der Waals surface area contributed by atoms with E-state index in [1.807, 2.05) is 0 Å². The Hall–Kier alpha value is -1.10. The standard InChI is InChI=1S/C12H6BrCl2NO2/c13-7-1-3-10(12(5-7)16(17)18)9-4-2-8(14)6-11(9)15/h1-6H. The molecule has 0 bridgehead atoms. The fourth-order valence-corrected chi connectivity index (χ4v) is 2.45. The Morgan fingerprint density at radius 3 is 2.33 bits per heavy atom. The molecule has 0 unspecified atom stereocenters. The van der Waals surface area contributed by atoms with Crippen LogP contribution in [0.2, 0.25) is 10.0 Å². The minimum Gasteiger partial charge on any atom is -0.258 e. The third kappa shape index (κ3) is 2.66. The number of nitrogens with zero attached hydrogens (tertiary/aromatic N) is 1. The Labute approximate surface area is 122 Å². The topological polar surface area (TPSA) is 43.1 Å². The first-order valence-electron chi connectivity index (χ1n) is 4.88. The molecule has 2 aromatic carbocycles.